The van der Waals surface area contributed by atoms with Crippen LogP contribution >= 0.6 is 47.0 Å². The maximum absolute atomic E-state index is 13.4. The zero-order chi connectivity index (χ0) is 28.2. The van der Waals surface area contributed by atoms with Crippen molar-refractivity contribution in [2.75, 3.05) is 23.0 Å². The van der Waals surface area contributed by atoms with Crippen LogP contribution in [-0.2, 0) is 0 Å². The molecule has 0 spiro atoms. The third kappa shape index (κ3) is 14.5. The van der Waals surface area contributed by atoms with E-state index in [0.29, 0.717) is 8.97 Å². The van der Waals surface area contributed by atoms with Crippen molar-refractivity contribution in [3.8, 4) is 0 Å². The van der Waals surface area contributed by atoms with Gasteiger partial charge in [-0.25, -0.2) is 4.79 Å². The van der Waals surface area contributed by atoms with E-state index in [-0.39, 0.29) is 16.6 Å². The Bertz CT molecular complexity index is 793. The number of carbonyl (C=O) groups is 2. The van der Waals surface area contributed by atoms with Gasteiger partial charge < -0.3 is 5.11 Å². The molecule has 2 rings (SSSR count). The van der Waals surface area contributed by atoms with Crippen LogP contribution in [0.5, 0.6) is 0 Å². The van der Waals surface area contributed by atoms with Crippen LogP contribution in [0.25, 0.3) is 0 Å². The van der Waals surface area contributed by atoms with Crippen molar-refractivity contribution < 1.29 is 14.7 Å². The van der Waals surface area contributed by atoms with Crippen molar-refractivity contribution >= 4 is 58.8 Å². The Balaban J connectivity index is 1.83. The van der Waals surface area contributed by atoms with E-state index in [2.05, 4.69) is 49.1 Å². The highest BCUT2D eigenvalue weighted by Gasteiger charge is 2.33. The average Bonchev–Trinajstić information content (AvgIpc) is 2.95. The number of unbranched alkanes of at least 4 members (excludes halogenated alkanes) is 10. The van der Waals surface area contributed by atoms with Gasteiger partial charge in [0.2, 0.25) is 0 Å². The molecule has 3 nitrogen and oxygen atoms in total. The summed E-state index contributed by atoms with van der Waals surface area (Å²) < 4.78 is 0.341. The smallest absolute Gasteiger partial charge is 0.335 e. The zero-order valence-electron chi connectivity index (χ0n) is 24.4. The van der Waals surface area contributed by atoms with Crippen molar-refractivity contribution in [2.45, 2.75) is 125 Å². The largest absolute Gasteiger partial charge is 0.478 e. The lowest BCUT2D eigenvalue weighted by molar-refractivity contribution is 0.0696. The van der Waals surface area contributed by atoms with Crippen LogP contribution in [0.3, 0.4) is 0 Å². The van der Waals surface area contributed by atoms with E-state index in [1.807, 2.05) is 11.8 Å². The molecule has 1 aliphatic heterocycles. The predicted molar refractivity (Wildman–Crippen MR) is 179 cm³/mol. The molecular formula is C32H52O3S4. The van der Waals surface area contributed by atoms with Crippen LogP contribution in [0.1, 0.15) is 137 Å². The number of carbonyl (C=O) groups excluding carboxylic acids is 1. The summed E-state index contributed by atoms with van der Waals surface area (Å²) >= 11 is 8.38. The van der Waals surface area contributed by atoms with Gasteiger partial charge in [0, 0.05) is 5.56 Å². The van der Waals surface area contributed by atoms with Crippen molar-refractivity contribution in [1.29, 1.82) is 0 Å². The Hall–Kier alpha value is -0.240. The Morgan fingerprint density at radius 3 is 1.97 bits per heavy atom. The molecule has 0 aromatic heterocycles. The molecule has 0 aliphatic carbocycles. The molecule has 1 fully saturated rings. The quantitative estimate of drug-likeness (QED) is 0.0974. The molecule has 222 valence electrons. The summed E-state index contributed by atoms with van der Waals surface area (Å²) in [4.78, 5) is 24.6. The number of carboxylic acids is 1. The summed E-state index contributed by atoms with van der Waals surface area (Å²) in [5.41, 5.74) is 0.878. The van der Waals surface area contributed by atoms with Crippen molar-refractivity contribution in [3.05, 3.63) is 35.4 Å². The molecule has 1 N–H and O–H groups in total. The summed E-state index contributed by atoms with van der Waals surface area (Å²) in [5.74, 6) is 3.97. The number of rotatable bonds is 23. The molecule has 7 heteroatoms. The van der Waals surface area contributed by atoms with Crippen LogP contribution in [0, 0.1) is 0 Å². The third-order valence-electron chi connectivity index (χ3n) is 7.23. The van der Waals surface area contributed by atoms with Gasteiger partial charge in [-0.15, -0.1) is 35.3 Å². The third-order valence-corrected chi connectivity index (χ3v) is 14.1. The fraction of sp³-hybridized carbons (Fsp3) is 0.750. The van der Waals surface area contributed by atoms with Crippen LogP contribution in [0.2, 0.25) is 0 Å². The number of carboxylic acid groups (broad SMARTS) is 1. The number of benzene rings is 1. The minimum absolute atomic E-state index is 0.0348. The normalized spacial score (nSPS) is 15.7. The second-order valence-electron chi connectivity index (χ2n) is 10.6. The van der Waals surface area contributed by atoms with Crippen molar-refractivity contribution in [2.24, 2.45) is 0 Å². The van der Waals surface area contributed by atoms with Gasteiger partial charge in [-0.3, -0.25) is 4.79 Å². The highest BCUT2D eigenvalue weighted by molar-refractivity contribution is 8.34. The van der Waals surface area contributed by atoms with Crippen LogP contribution in [0.15, 0.2) is 24.3 Å². The first-order valence-corrected chi connectivity index (χ1v) is 19.4. The summed E-state index contributed by atoms with van der Waals surface area (Å²) in [7, 11) is 0. The summed E-state index contributed by atoms with van der Waals surface area (Å²) in [5, 5.41) is 9.17. The lowest BCUT2D eigenvalue weighted by Crippen LogP contribution is -2.22. The first-order valence-electron chi connectivity index (χ1n) is 15.4. The van der Waals surface area contributed by atoms with Gasteiger partial charge in [0.1, 0.15) is 3.41 Å². The zero-order valence-corrected chi connectivity index (χ0v) is 27.7. The standard InChI is InChI=1S/C32H52O3S4/c1-3-5-7-9-11-13-17-29(30(33)27-18-20-28(21-19-27)31(34)35)36-23-15-24-37-32(38-25-16-26-39-32)22-14-12-10-8-6-4-2/h18-21,29H,3-17,22-26H2,1-2H3,(H,34,35). The van der Waals surface area contributed by atoms with E-state index >= 15 is 0 Å². The van der Waals surface area contributed by atoms with Gasteiger partial charge in [-0.1, -0.05) is 103 Å². The first-order chi connectivity index (χ1) is 19.0. The minimum atomic E-state index is -0.951. The molecule has 1 saturated heterocycles. The molecule has 1 unspecified atom stereocenters. The number of ketones is 1. The number of hydrogen-bond acceptors (Lipinski definition) is 6. The van der Waals surface area contributed by atoms with E-state index in [0.717, 1.165) is 30.8 Å². The number of hydrogen-bond donors (Lipinski definition) is 1. The maximum Gasteiger partial charge on any atom is 0.335 e. The molecule has 0 radical (unpaired) electrons. The highest BCUT2D eigenvalue weighted by atomic mass is 32.3. The lowest BCUT2D eigenvalue weighted by atomic mass is 10.0. The molecular weight excluding hydrogens is 561 g/mol. The van der Waals surface area contributed by atoms with E-state index in [4.69, 9.17) is 0 Å². The molecule has 0 amide bonds. The van der Waals surface area contributed by atoms with E-state index < -0.39 is 5.97 Å². The minimum Gasteiger partial charge on any atom is -0.478 e. The van der Waals surface area contributed by atoms with Crippen molar-refractivity contribution in [1.82, 2.24) is 0 Å². The number of aromatic carboxylic acids is 1. The molecule has 0 bridgehead atoms. The summed E-state index contributed by atoms with van der Waals surface area (Å²) in [6.07, 6.45) is 20.2. The summed E-state index contributed by atoms with van der Waals surface area (Å²) in [6, 6.07) is 6.50. The Kier molecular flexibility index (Phi) is 19.2. The van der Waals surface area contributed by atoms with E-state index in [1.165, 1.54) is 95.0 Å². The van der Waals surface area contributed by atoms with Gasteiger partial charge in [-0.2, -0.15) is 11.8 Å². The Labute approximate surface area is 256 Å². The molecule has 39 heavy (non-hydrogen) atoms. The molecule has 1 atom stereocenters. The van der Waals surface area contributed by atoms with Gasteiger partial charge in [-0.05, 0) is 60.8 Å². The fourth-order valence-corrected chi connectivity index (χ4v) is 11.6. The molecule has 0 saturated carbocycles. The van der Waals surface area contributed by atoms with Gasteiger partial charge in [0.15, 0.2) is 5.78 Å². The topological polar surface area (TPSA) is 54.4 Å². The van der Waals surface area contributed by atoms with Gasteiger partial charge in [0.25, 0.3) is 0 Å². The molecule has 1 aromatic carbocycles. The SMILES string of the molecule is CCCCCCCCC(SCCCSC1(CCCCCCCC)SCCCS1)C(=O)c1ccc(C(=O)O)cc1. The van der Waals surface area contributed by atoms with E-state index in [9.17, 15) is 14.7 Å². The Morgan fingerprint density at radius 1 is 0.795 bits per heavy atom. The molecule has 1 aromatic rings. The first kappa shape index (κ1) is 35.0. The van der Waals surface area contributed by atoms with E-state index in [1.54, 1.807) is 24.3 Å². The van der Waals surface area contributed by atoms with Crippen LogP contribution in [0.4, 0.5) is 0 Å². The second kappa shape index (κ2) is 21.5. The maximum atomic E-state index is 13.4. The molecule has 1 heterocycles. The van der Waals surface area contributed by atoms with Crippen molar-refractivity contribution in [3.63, 3.8) is 0 Å². The summed E-state index contributed by atoms with van der Waals surface area (Å²) in [6.45, 7) is 4.52. The lowest BCUT2D eigenvalue weighted by Gasteiger charge is -2.35. The number of Topliss-reactive ketones (excluding diaryl/α,β-unsaturated/α-hetero) is 1. The van der Waals surface area contributed by atoms with Gasteiger partial charge >= 0.3 is 5.97 Å². The Morgan fingerprint density at radius 2 is 1.36 bits per heavy atom. The predicted octanol–water partition coefficient (Wildman–Crippen LogP) is 10.8. The van der Waals surface area contributed by atoms with Gasteiger partial charge in [0.05, 0.1) is 10.8 Å². The van der Waals surface area contributed by atoms with Crippen LogP contribution < -0.4 is 0 Å². The average molecular weight is 613 g/mol. The molecule has 1 aliphatic rings. The fourth-order valence-electron chi connectivity index (χ4n) is 4.85. The second-order valence-corrected chi connectivity index (χ2v) is 16.9. The highest BCUT2D eigenvalue weighted by Crippen LogP contribution is 2.53. The number of thioether (sulfide) groups is 4. The van der Waals surface area contributed by atoms with Crippen LogP contribution in [-0.4, -0.2) is 48.5 Å². The monoisotopic (exact) mass is 612 g/mol.